The Balaban J connectivity index is 1.49. The molecule has 0 spiro atoms. The molecule has 1 aromatic heterocycles. The molecular formula is C24H25N3O. The van der Waals surface area contributed by atoms with Gasteiger partial charge in [-0.1, -0.05) is 48.0 Å². The van der Waals surface area contributed by atoms with E-state index >= 15 is 0 Å². The largest absolute Gasteiger partial charge is 0.333 e. The zero-order valence-corrected chi connectivity index (χ0v) is 16.6. The lowest BCUT2D eigenvalue weighted by Crippen LogP contribution is -2.34. The number of rotatable bonds is 3. The van der Waals surface area contributed by atoms with Crippen molar-refractivity contribution in [1.82, 2.24) is 15.1 Å². The molecule has 0 fully saturated rings. The summed E-state index contributed by atoms with van der Waals surface area (Å²) in [6, 6.07) is 16.6. The van der Waals surface area contributed by atoms with Crippen molar-refractivity contribution in [3.05, 3.63) is 82.6 Å². The smallest absolute Gasteiger partial charge is 0.272 e. The van der Waals surface area contributed by atoms with E-state index in [9.17, 15) is 4.79 Å². The van der Waals surface area contributed by atoms with Crippen molar-refractivity contribution < 1.29 is 4.79 Å². The maximum absolute atomic E-state index is 12.9. The lowest BCUT2D eigenvalue weighted by molar-refractivity contribution is 0.0767. The van der Waals surface area contributed by atoms with E-state index in [1.54, 1.807) is 0 Å². The first kappa shape index (κ1) is 18.2. The van der Waals surface area contributed by atoms with Gasteiger partial charge < -0.3 is 4.90 Å². The highest BCUT2D eigenvalue weighted by Crippen LogP contribution is 2.25. The van der Waals surface area contributed by atoms with Gasteiger partial charge in [-0.25, -0.2) is 0 Å². The molecule has 0 saturated heterocycles. The number of benzene rings is 2. The summed E-state index contributed by atoms with van der Waals surface area (Å²) < 4.78 is 0. The van der Waals surface area contributed by atoms with Gasteiger partial charge in [0.15, 0.2) is 0 Å². The van der Waals surface area contributed by atoms with Crippen molar-refractivity contribution in [3.63, 3.8) is 0 Å². The number of nitrogens with one attached hydrogen (secondary N) is 1. The number of nitrogens with zero attached hydrogens (tertiary/aromatic N) is 2. The van der Waals surface area contributed by atoms with E-state index in [1.165, 1.54) is 27.8 Å². The first-order valence-corrected chi connectivity index (χ1v) is 9.69. The number of carbonyl (C=O) groups is 1. The van der Waals surface area contributed by atoms with E-state index in [2.05, 4.69) is 73.4 Å². The van der Waals surface area contributed by atoms with Crippen LogP contribution in [-0.2, 0) is 0 Å². The summed E-state index contributed by atoms with van der Waals surface area (Å²) in [6.07, 6.45) is 3.03. The molecule has 2 aromatic carbocycles. The summed E-state index contributed by atoms with van der Waals surface area (Å²) in [5, 5.41) is 7.28. The topological polar surface area (TPSA) is 49.0 Å². The highest BCUT2D eigenvalue weighted by Gasteiger charge is 2.21. The molecule has 3 aromatic rings. The minimum absolute atomic E-state index is 0.00197. The molecule has 1 aliphatic rings. The van der Waals surface area contributed by atoms with Gasteiger partial charge in [0.05, 0.1) is 5.69 Å². The first-order valence-electron chi connectivity index (χ1n) is 9.69. The Morgan fingerprint density at radius 2 is 1.86 bits per heavy atom. The van der Waals surface area contributed by atoms with Crippen LogP contribution in [0, 0.1) is 20.8 Å². The SMILES string of the molecule is Cc1cccc(C2=CCN(C(=O)c3cc(-c4ccc(C)c(C)c4)n[nH]3)CC2)c1. The second kappa shape index (κ2) is 7.47. The van der Waals surface area contributed by atoms with Crippen molar-refractivity contribution in [1.29, 1.82) is 0 Å². The fraction of sp³-hybridized carbons (Fsp3) is 0.250. The number of amides is 1. The molecule has 4 rings (SSSR count). The molecule has 0 unspecified atom stereocenters. The van der Waals surface area contributed by atoms with E-state index in [-0.39, 0.29) is 5.91 Å². The van der Waals surface area contributed by atoms with Crippen LogP contribution in [0.3, 0.4) is 0 Å². The van der Waals surface area contributed by atoms with Crippen LogP contribution in [-0.4, -0.2) is 34.1 Å². The van der Waals surface area contributed by atoms with Crippen molar-refractivity contribution in [3.8, 4) is 11.3 Å². The number of hydrogen-bond donors (Lipinski definition) is 1. The molecule has 1 amide bonds. The molecule has 4 nitrogen and oxygen atoms in total. The van der Waals surface area contributed by atoms with Gasteiger partial charge in [-0.3, -0.25) is 9.89 Å². The third kappa shape index (κ3) is 3.63. The maximum atomic E-state index is 12.9. The van der Waals surface area contributed by atoms with Crippen LogP contribution in [0.5, 0.6) is 0 Å². The molecular weight excluding hydrogens is 346 g/mol. The summed E-state index contributed by atoms with van der Waals surface area (Å²) in [5.41, 5.74) is 8.67. The van der Waals surface area contributed by atoms with Crippen LogP contribution in [0.25, 0.3) is 16.8 Å². The lowest BCUT2D eigenvalue weighted by Gasteiger charge is -2.26. The van der Waals surface area contributed by atoms with Crippen molar-refractivity contribution >= 4 is 11.5 Å². The van der Waals surface area contributed by atoms with Crippen LogP contribution in [0.2, 0.25) is 0 Å². The zero-order chi connectivity index (χ0) is 19.7. The van der Waals surface area contributed by atoms with Gasteiger partial charge >= 0.3 is 0 Å². The Kier molecular flexibility index (Phi) is 4.86. The third-order valence-electron chi connectivity index (χ3n) is 5.50. The van der Waals surface area contributed by atoms with Gasteiger partial charge in [0.25, 0.3) is 5.91 Å². The molecule has 0 atom stereocenters. The summed E-state index contributed by atoms with van der Waals surface area (Å²) in [4.78, 5) is 14.8. The minimum atomic E-state index is 0.00197. The van der Waals surface area contributed by atoms with E-state index in [0.29, 0.717) is 12.2 Å². The molecule has 0 aliphatic carbocycles. The van der Waals surface area contributed by atoms with Crippen LogP contribution < -0.4 is 0 Å². The Bertz CT molecular complexity index is 1060. The number of aromatic amines is 1. The lowest BCUT2D eigenvalue weighted by atomic mass is 9.98. The van der Waals surface area contributed by atoms with E-state index in [4.69, 9.17) is 0 Å². The van der Waals surface area contributed by atoms with E-state index in [0.717, 1.165) is 24.2 Å². The first-order chi connectivity index (χ1) is 13.5. The number of hydrogen-bond acceptors (Lipinski definition) is 2. The third-order valence-corrected chi connectivity index (χ3v) is 5.50. The van der Waals surface area contributed by atoms with E-state index in [1.807, 2.05) is 17.0 Å². The molecule has 142 valence electrons. The molecule has 0 radical (unpaired) electrons. The molecule has 4 heteroatoms. The van der Waals surface area contributed by atoms with Crippen molar-refractivity contribution in [2.45, 2.75) is 27.2 Å². The average molecular weight is 371 g/mol. The van der Waals surface area contributed by atoms with Crippen LogP contribution in [0.15, 0.2) is 54.6 Å². The van der Waals surface area contributed by atoms with Gasteiger partial charge in [0, 0.05) is 18.7 Å². The van der Waals surface area contributed by atoms with Crippen LogP contribution >= 0.6 is 0 Å². The van der Waals surface area contributed by atoms with Crippen LogP contribution in [0.4, 0.5) is 0 Å². The zero-order valence-electron chi connectivity index (χ0n) is 16.6. The highest BCUT2D eigenvalue weighted by molar-refractivity contribution is 5.94. The maximum Gasteiger partial charge on any atom is 0.272 e. The monoisotopic (exact) mass is 371 g/mol. The minimum Gasteiger partial charge on any atom is -0.333 e. The Labute approximate surface area is 165 Å². The second-order valence-electron chi connectivity index (χ2n) is 7.57. The van der Waals surface area contributed by atoms with Crippen LogP contribution in [0.1, 0.15) is 39.2 Å². The normalized spacial score (nSPS) is 14.1. The van der Waals surface area contributed by atoms with Gasteiger partial charge in [0.2, 0.25) is 0 Å². The van der Waals surface area contributed by atoms with Crippen molar-refractivity contribution in [2.75, 3.05) is 13.1 Å². The van der Waals surface area contributed by atoms with E-state index < -0.39 is 0 Å². The average Bonchev–Trinajstić information content (AvgIpc) is 3.20. The Morgan fingerprint density at radius 1 is 1.00 bits per heavy atom. The molecule has 2 heterocycles. The molecule has 0 bridgehead atoms. The number of H-pyrrole nitrogens is 1. The predicted octanol–water partition coefficient (Wildman–Crippen LogP) is 4.93. The van der Waals surface area contributed by atoms with Crippen molar-refractivity contribution in [2.24, 2.45) is 0 Å². The quantitative estimate of drug-likeness (QED) is 0.709. The fourth-order valence-corrected chi connectivity index (χ4v) is 3.61. The molecule has 1 aliphatic heterocycles. The number of aryl methyl sites for hydroxylation is 3. The highest BCUT2D eigenvalue weighted by atomic mass is 16.2. The summed E-state index contributed by atoms with van der Waals surface area (Å²) in [6.45, 7) is 7.63. The van der Waals surface area contributed by atoms with Gasteiger partial charge in [-0.05, 0) is 61.6 Å². The fourth-order valence-electron chi connectivity index (χ4n) is 3.61. The molecule has 28 heavy (non-hydrogen) atoms. The second-order valence-corrected chi connectivity index (χ2v) is 7.57. The summed E-state index contributed by atoms with van der Waals surface area (Å²) in [7, 11) is 0. The number of carbonyl (C=O) groups excluding carboxylic acids is 1. The summed E-state index contributed by atoms with van der Waals surface area (Å²) >= 11 is 0. The van der Waals surface area contributed by atoms with Gasteiger partial charge in [-0.2, -0.15) is 5.10 Å². The molecule has 1 N–H and O–H groups in total. The predicted molar refractivity (Wildman–Crippen MR) is 113 cm³/mol. The summed E-state index contributed by atoms with van der Waals surface area (Å²) in [5.74, 6) is 0.00197. The Morgan fingerprint density at radius 3 is 2.57 bits per heavy atom. The molecule has 0 saturated carbocycles. The number of aromatic nitrogens is 2. The van der Waals surface area contributed by atoms with Gasteiger partial charge in [-0.15, -0.1) is 0 Å². The van der Waals surface area contributed by atoms with Gasteiger partial charge in [0.1, 0.15) is 5.69 Å². The Hall–Kier alpha value is -3.14. The standard InChI is InChI=1S/C24H25N3O/c1-16-5-4-6-20(13-16)19-9-11-27(12-10-19)24(28)23-15-22(25-26-23)21-8-7-17(2)18(3)14-21/h4-9,13-15H,10-12H2,1-3H3,(H,25,26).